The summed E-state index contributed by atoms with van der Waals surface area (Å²) in [6, 6.07) is 5.29. The molecule has 0 spiro atoms. The second kappa shape index (κ2) is 8.68. The number of imidazole rings is 1. The van der Waals surface area contributed by atoms with E-state index in [4.69, 9.17) is 4.99 Å². The zero-order valence-corrected chi connectivity index (χ0v) is 17.1. The van der Waals surface area contributed by atoms with Gasteiger partial charge in [-0.1, -0.05) is 6.92 Å². The average Bonchev–Trinajstić information content (AvgIpc) is 3.38. The molecule has 2 N–H and O–H groups in total. The van der Waals surface area contributed by atoms with Gasteiger partial charge in [0.15, 0.2) is 5.96 Å². The van der Waals surface area contributed by atoms with E-state index in [0.29, 0.717) is 18.5 Å². The Morgan fingerprint density at radius 3 is 3.10 bits per heavy atom. The summed E-state index contributed by atoms with van der Waals surface area (Å²) < 4.78 is 15.6. The second-order valence-corrected chi connectivity index (χ2v) is 7.78. The fourth-order valence-electron chi connectivity index (χ4n) is 4.17. The second-order valence-electron chi connectivity index (χ2n) is 7.78. The molecule has 0 saturated carbocycles. The third-order valence-electron chi connectivity index (χ3n) is 5.83. The molecule has 2 unspecified atom stereocenters. The van der Waals surface area contributed by atoms with Crippen LogP contribution in [0.3, 0.4) is 0 Å². The number of hydrogen-bond acceptors (Lipinski definition) is 2. The number of guanidine groups is 1. The summed E-state index contributed by atoms with van der Waals surface area (Å²) in [5, 5.41) is 4.52. The molecule has 0 radical (unpaired) electrons. The standard InChI is InChI=1S/C22H29FN6/c1-3-25-22(28-10-7-16(2)21(14-28)29-11-9-24-15-29)26-8-6-17-13-27-20-12-18(23)4-5-19(17)20/h4-5,9,11-13,15-16,21,27H,3,6-8,10,14H2,1-2H3,(H,25,26). The van der Waals surface area contributed by atoms with Crippen molar-refractivity contribution in [2.24, 2.45) is 10.9 Å². The first-order valence-corrected chi connectivity index (χ1v) is 10.4. The van der Waals surface area contributed by atoms with E-state index in [-0.39, 0.29) is 5.82 Å². The highest BCUT2D eigenvalue weighted by molar-refractivity contribution is 5.83. The van der Waals surface area contributed by atoms with Gasteiger partial charge in [-0.05, 0) is 49.4 Å². The maximum atomic E-state index is 13.4. The van der Waals surface area contributed by atoms with Gasteiger partial charge < -0.3 is 19.8 Å². The lowest BCUT2D eigenvalue weighted by Gasteiger charge is -2.39. The normalized spacial score (nSPS) is 20.4. The highest BCUT2D eigenvalue weighted by Gasteiger charge is 2.28. The molecule has 2 atom stereocenters. The number of nitrogens with one attached hydrogen (secondary N) is 2. The van der Waals surface area contributed by atoms with Crippen molar-refractivity contribution in [1.82, 2.24) is 24.8 Å². The predicted molar refractivity (Wildman–Crippen MR) is 115 cm³/mol. The zero-order chi connectivity index (χ0) is 20.2. The minimum atomic E-state index is -0.217. The Morgan fingerprint density at radius 2 is 2.31 bits per heavy atom. The van der Waals surface area contributed by atoms with E-state index in [1.165, 1.54) is 17.7 Å². The smallest absolute Gasteiger partial charge is 0.193 e. The molecule has 1 aliphatic rings. The van der Waals surface area contributed by atoms with E-state index in [0.717, 1.165) is 49.3 Å². The Bertz CT molecular complexity index is 961. The number of fused-ring (bicyclic) bond motifs is 1. The van der Waals surface area contributed by atoms with Crippen molar-refractivity contribution >= 4 is 16.9 Å². The summed E-state index contributed by atoms with van der Waals surface area (Å²) in [5.74, 6) is 1.36. The van der Waals surface area contributed by atoms with E-state index < -0.39 is 0 Å². The van der Waals surface area contributed by atoms with Crippen molar-refractivity contribution in [2.75, 3.05) is 26.2 Å². The minimum Gasteiger partial charge on any atom is -0.361 e. The van der Waals surface area contributed by atoms with Crippen molar-refractivity contribution < 1.29 is 4.39 Å². The summed E-state index contributed by atoms with van der Waals surface area (Å²) in [7, 11) is 0. The first-order chi connectivity index (χ1) is 14.2. The molecule has 1 fully saturated rings. The number of rotatable bonds is 5. The quantitative estimate of drug-likeness (QED) is 0.512. The van der Waals surface area contributed by atoms with Gasteiger partial charge in [0.1, 0.15) is 5.82 Å². The third kappa shape index (κ3) is 4.28. The maximum Gasteiger partial charge on any atom is 0.193 e. The van der Waals surface area contributed by atoms with Crippen molar-refractivity contribution in [3.8, 4) is 0 Å². The fourth-order valence-corrected chi connectivity index (χ4v) is 4.17. The molecule has 0 amide bonds. The van der Waals surface area contributed by atoms with Crippen molar-refractivity contribution in [3.63, 3.8) is 0 Å². The SMILES string of the molecule is CCNC(=NCCc1c[nH]c2cc(F)ccc12)N1CCC(C)C(n2ccnc2)C1. The van der Waals surface area contributed by atoms with Gasteiger partial charge in [-0.2, -0.15) is 0 Å². The van der Waals surface area contributed by atoms with Crippen molar-refractivity contribution in [2.45, 2.75) is 32.7 Å². The first kappa shape index (κ1) is 19.5. The van der Waals surface area contributed by atoms with Crippen LogP contribution in [0.15, 0.2) is 48.1 Å². The number of nitrogens with zero attached hydrogens (tertiary/aromatic N) is 4. The number of aromatic nitrogens is 3. The molecule has 0 aliphatic carbocycles. The van der Waals surface area contributed by atoms with Gasteiger partial charge in [0.2, 0.25) is 0 Å². The summed E-state index contributed by atoms with van der Waals surface area (Å²) in [4.78, 5) is 14.6. The van der Waals surface area contributed by atoms with Gasteiger partial charge in [0.05, 0.1) is 12.4 Å². The van der Waals surface area contributed by atoms with Gasteiger partial charge in [-0.15, -0.1) is 0 Å². The number of H-pyrrole nitrogens is 1. The number of benzene rings is 1. The lowest BCUT2D eigenvalue weighted by molar-refractivity contribution is 0.189. The van der Waals surface area contributed by atoms with E-state index in [1.54, 1.807) is 0 Å². The molecule has 1 saturated heterocycles. The van der Waals surface area contributed by atoms with Crippen LogP contribution >= 0.6 is 0 Å². The number of halogens is 1. The third-order valence-corrected chi connectivity index (χ3v) is 5.83. The van der Waals surface area contributed by atoms with Crippen LogP contribution < -0.4 is 5.32 Å². The zero-order valence-electron chi connectivity index (χ0n) is 17.1. The summed E-state index contributed by atoms with van der Waals surface area (Å²) >= 11 is 0. The molecule has 1 aliphatic heterocycles. The van der Waals surface area contributed by atoms with Crippen LogP contribution in [-0.2, 0) is 6.42 Å². The Kier molecular flexibility index (Phi) is 5.83. The molecular weight excluding hydrogens is 367 g/mol. The number of aromatic amines is 1. The number of hydrogen-bond donors (Lipinski definition) is 2. The highest BCUT2D eigenvalue weighted by atomic mass is 19.1. The van der Waals surface area contributed by atoms with Crippen LogP contribution in [0.5, 0.6) is 0 Å². The summed E-state index contributed by atoms with van der Waals surface area (Å²) in [6.07, 6.45) is 9.71. The average molecular weight is 397 g/mol. The fraction of sp³-hybridized carbons (Fsp3) is 0.455. The van der Waals surface area contributed by atoms with Gasteiger partial charge in [-0.25, -0.2) is 9.37 Å². The molecule has 29 heavy (non-hydrogen) atoms. The molecule has 1 aromatic carbocycles. The first-order valence-electron chi connectivity index (χ1n) is 10.4. The summed E-state index contributed by atoms with van der Waals surface area (Å²) in [5.41, 5.74) is 2.01. The Hall–Kier alpha value is -2.83. The van der Waals surface area contributed by atoms with E-state index in [2.05, 4.69) is 44.8 Å². The molecule has 6 nitrogen and oxygen atoms in total. The topological polar surface area (TPSA) is 61.2 Å². The number of piperidine rings is 1. The number of likely N-dealkylation sites (tertiary alicyclic amines) is 1. The Labute approximate surface area is 170 Å². The van der Waals surface area contributed by atoms with E-state index in [1.807, 2.05) is 24.8 Å². The van der Waals surface area contributed by atoms with Gasteiger partial charge in [0, 0.05) is 55.7 Å². The largest absolute Gasteiger partial charge is 0.361 e. The monoisotopic (exact) mass is 396 g/mol. The Morgan fingerprint density at radius 1 is 1.41 bits per heavy atom. The summed E-state index contributed by atoms with van der Waals surface area (Å²) in [6.45, 7) is 7.87. The van der Waals surface area contributed by atoms with Gasteiger partial charge >= 0.3 is 0 Å². The lowest BCUT2D eigenvalue weighted by atomic mass is 9.93. The molecule has 2 aromatic heterocycles. The minimum absolute atomic E-state index is 0.217. The molecular formula is C22H29FN6. The molecule has 154 valence electrons. The van der Waals surface area contributed by atoms with Gasteiger partial charge in [0.25, 0.3) is 0 Å². The lowest BCUT2D eigenvalue weighted by Crippen LogP contribution is -2.49. The van der Waals surface area contributed by atoms with Crippen LogP contribution in [-0.4, -0.2) is 51.6 Å². The number of aliphatic imine (C=N–C) groups is 1. The van der Waals surface area contributed by atoms with Gasteiger partial charge in [-0.3, -0.25) is 4.99 Å². The van der Waals surface area contributed by atoms with E-state index >= 15 is 0 Å². The molecule has 0 bridgehead atoms. The van der Waals surface area contributed by atoms with Crippen molar-refractivity contribution in [3.05, 3.63) is 54.5 Å². The molecule has 3 heterocycles. The van der Waals surface area contributed by atoms with Crippen LogP contribution in [0.4, 0.5) is 4.39 Å². The molecule has 4 rings (SSSR count). The van der Waals surface area contributed by atoms with Crippen LogP contribution in [0, 0.1) is 11.7 Å². The Balaban J connectivity index is 1.45. The van der Waals surface area contributed by atoms with E-state index in [9.17, 15) is 4.39 Å². The highest BCUT2D eigenvalue weighted by Crippen LogP contribution is 2.27. The maximum absolute atomic E-state index is 13.4. The van der Waals surface area contributed by atoms with Crippen LogP contribution in [0.2, 0.25) is 0 Å². The predicted octanol–water partition coefficient (Wildman–Crippen LogP) is 3.59. The van der Waals surface area contributed by atoms with Crippen LogP contribution in [0.25, 0.3) is 10.9 Å². The van der Waals surface area contributed by atoms with Crippen molar-refractivity contribution in [1.29, 1.82) is 0 Å². The van der Waals surface area contributed by atoms with Crippen LogP contribution in [0.1, 0.15) is 31.9 Å². The molecule has 7 heteroatoms. The molecule has 3 aromatic rings.